The molecule has 306 valence electrons. The van der Waals surface area contributed by atoms with Gasteiger partial charge in [0.25, 0.3) is 11.8 Å². The maximum absolute atomic E-state index is 14.0. The molecule has 2 aromatic carbocycles. The number of hydrogen-bond acceptors (Lipinski definition) is 9. The van der Waals surface area contributed by atoms with E-state index < -0.39 is 69.4 Å². The molecule has 2 rings (SSSR count). The number of ether oxygens (including phenoxy) is 1. The smallest absolute Gasteiger partial charge is 0.408 e. The first-order chi connectivity index (χ1) is 25.6. The molecule has 0 spiro atoms. The van der Waals surface area contributed by atoms with Gasteiger partial charge in [-0.3, -0.25) is 24.6 Å². The van der Waals surface area contributed by atoms with Gasteiger partial charge in [0.05, 0.1) is 16.8 Å². The van der Waals surface area contributed by atoms with Crippen molar-refractivity contribution in [1.29, 1.82) is 0 Å². The van der Waals surface area contributed by atoms with Gasteiger partial charge in [0.2, 0.25) is 21.8 Å². The van der Waals surface area contributed by atoms with E-state index in [9.17, 15) is 37.5 Å². The first-order valence-electron chi connectivity index (χ1n) is 18.2. The van der Waals surface area contributed by atoms with Crippen LogP contribution in [0.5, 0.6) is 5.75 Å². The fraction of sp³-hybridized carbons (Fsp3) is 0.553. The number of alkyl halides is 1. The normalized spacial score (nSPS) is 13.4. The third-order valence-electron chi connectivity index (χ3n) is 8.07. The molecule has 5 amide bonds. The Kier molecular flexibility index (Phi) is 18.6. The van der Waals surface area contributed by atoms with Gasteiger partial charge in [0.1, 0.15) is 29.5 Å². The first-order valence-corrected chi connectivity index (χ1v) is 20.8. The number of sulfonamides is 1. The van der Waals surface area contributed by atoms with Crippen LogP contribution < -0.4 is 26.1 Å². The fourth-order valence-electron chi connectivity index (χ4n) is 5.21. The number of hydrogen-bond donors (Lipinski definition) is 6. The average molecular weight is 854 g/mol. The topological polar surface area (TPSA) is 212 Å². The molecule has 15 nitrogen and oxygen atoms in total. The molecular formula is C38H57BrN6O9S. The number of amides is 5. The fourth-order valence-corrected chi connectivity index (χ4v) is 6.59. The molecule has 0 heterocycles. The molecule has 0 fully saturated rings. The zero-order chi connectivity index (χ0) is 41.5. The summed E-state index contributed by atoms with van der Waals surface area (Å²) in [5.41, 5.74) is 3.33. The Labute approximate surface area is 333 Å². The number of rotatable bonds is 19. The van der Waals surface area contributed by atoms with Gasteiger partial charge in [-0.05, 0) is 95.0 Å². The van der Waals surface area contributed by atoms with E-state index in [0.29, 0.717) is 18.4 Å². The van der Waals surface area contributed by atoms with Crippen molar-refractivity contribution in [2.45, 2.75) is 116 Å². The highest BCUT2D eigenvalue weighted by molar-refractivity contribution is 9.09. The van der Waals surface area contributed by atoms with E-state index in [1.54, 1.807) is 58.9 Å². The number of unbranched alkanes of at least 4 members (excludes halogenated alkanes) is 1. The lowest BCUT2D eigenvalue weighted by molar-refractivity contribution is -0.142. The lowest BCUT2D eigenvalue weighted by Crippen LogP contribution is -2.59. The summed E-state index contributed by atoms with van der Waals surface area (Å²) in [7, 11) is -3.77. The minimum Gasteiger partial charge on any atom is -0.508 e. The summed E-state index contributed by atoms with van der Waals surface area (Å²) in [6.07, 6.45) is 0.0367. The molecule has 0 unspecified atom stereocenters. The molecule has 3 atom stereocenters. The van der Waals surface area contributed by atoms with E-state index >= 15 is 0 Å². The zero-order valence-corrected chi connectivity index (χ0v) is 35.3. The van der Waals surface area contributed by atoms with Crippen LogP contribution in [0.4, 0.5) is 4.79 Å². The summed E-state index contributed by atoms with van der Waals surface area (Å²) in [6, 6.07) is 9.13. The van der Waals surface area contributed by atoms with Crippen LogP contribution in [0.2, 0.25) is 0 Å². The third kappa shape index (κ3) is 17.0. The number of nitrogens with one attached hydrogen (secondary N) is 5. The molecular weight excluding hydrogens is 796 g/mol. The maximum atomic E-state index is 14.0. The molecule has 0 aromatic heterocycles. The highest BCUT2D eigenvalue weighted by Crippen LogP contribution is 2.15. The van der Waals surface area contributed by atoms with Crippen LogP contribution in [0.3, 0.4) is 0 Å². The number of halogens is 1. The summed E-state index contributed by atoms with van der Waals surface area (Å²) in [5, 5.41) is 18.7. The molecule has 2 aromatic rings. The first kappa shape index (κ1) is 46.9. The van der Waals surface area contributed by atoms with Gasteiger partial charge in [-0.25, -0.2) is 22.9 Å². The number of phenolic OH excluding ortho intramolecular Hbond substituents is 1. The molecule has 17 heteroatoms. The van der Waals surface area contributed by atoms with Crippen molar-refractivity contribution in [2.75, 3.05) is 11.9 Å². The predicted molar refractivity (Wildman–Crippen MR) is 212 cm³/mol. The van der Waals surface area contributed by atoms with Gasteiger partial charge < -0.3 is 25.8 Å². The van der Waals surface area contributed by atoms with Gasteiger partial charge in [-0.2, -0.15) is 0 Å². The quantitative estimate of drug-likeness (QED) is 0.0680. The Morgan fingerprint density at radius 2 is 1.44 bits per heavy atom. The Morgan fingerprint density at radius 3 is 1.98 bits per heavy atom. The van der Waals surface area contributed by atoms with E-state index in [-0.39, 0.29) is 47.8 Å². The number of carbonyl (C=O) groups excluding carboxylic acids is 5. The molecule has 0 aliphatic rings. The van der Waals surface area contributed by atoms with Gasteiger partial charge in [0, 0.05) is 6.54 Å². The van der Waals surface area contributed by atoms with E-state index in [0.717, 1.165) is 10.6 Å². The van der Waals surface area contributed by atoms with E-state index in [4.69, 9.17) is 4.74 Å². The standard InChI is InChI=1S/C38H57BrN6O9S/c1-24(2)21-31(35(49)44-45(32(47)22-39)23-27-14-16-28(46)17-15-27)42-34(48)30(41-36(50)33(25(3)4)43-37(51)54-38(6,7)8)11-9-10-20-40-55(52,53)29-18-12-26(5)13-19-29/h12-19,24-25,30-31,33,40,46H,9-11,20-23H2,1-8H3,(H,41,50)(H,42,48)(H,43,51)(H,44,49)/t30-,31-,33-/m0/s1. The van der Waals surface area contributed by atoms with Crippen molar-refractivity contribution in [3.05, 3.63) is 59.7 Å². The van der Waals surface area contributed by atoms with Crippen LogP contribution in [0.15, 0.2) is 53.4 Å². The monoisotopic (exact) mass is 852 g/mol. The molecule has 0 aliphatic heterocycles. The van der Waals surface area contributed by atoms with Gasteiger partial charge in [-0.15, -0.1) is 0 Å². The van der Waals surface area contributed by atoms with Crippen molar-refractivity contribution in [3.8, 4) is 5.75 Å². The second-order valence-corrected chi connectivity index (χ2v) is 17.4. The number of nitrogens with zero attached hydrogens (tertiary/aromatic N) is 1. The van der Waals surface area contributed by atoms with Crippen LogP contribution in [0.1, 0.15) is 85.3 Å². The van der Waals surface area contributed by atoms with Crippen LogP contribution >= 0.6 is 15.9 Å². The molecule has 0 saturated heterocycles. The van der Waals surface area contributed by atoms with Crippen molar-refractivity contribution in [2.24, 2.45) is 11.8 Å². The number of hydrazine groups is 1. The summed E-state index contributed by atoms with van der Waals surface area (Å²) >= 11 is 3.14. The summed E-state index contributed by atoms with van der Waals surface area (Å²) in [5.74, 6) is -2.92. The number of alkyl carbamates (subject to hydrolysis) is 1. The molecule has 0 aliphatic carbocycles. The zero-order valence-electron chi connectivity index (χ0n) is 32.9. The highest BCUT2D eigenvalue weighted by atomic mass is 79.9. The van der Waals surface area contributed by atoms with E-state index in [2.05, 4.69) is 42.0 Å². The lowest BCUT2D eigenvalue weighted by Gasteiger charge is -2.29. The summed E-state index contributed by atoms with van der Waals surface area (Å²) in [4.78, 5) is 66.9. The summed E-state index contributed by atoms with van der Waals surface area (Å²) in [6.45, 7) is 14.1. The van der Waals surface area contributed by atoms with Crippen LogP contribution in [-0.4, -0.2) is 83.9 Å². The molecule has 55 heavy (non-hydrogen) atoms. The van der Waals surface area contributed by atoms with Crippen LogP contribution in [0, 0.1) is 18.8 Å². The number of carbonyl (C=O) groups is 5. The molecule has 0 radical (unpaired) electrons. The Morgan fingerprint density at radius 1 is 0.836 bits per heavy atom. The molecule has 0 saturated carbocycles. The Bertz CT molecular complexity index is 1700. The average Bonchev–Trinajstić information content (AvgIpc) is 3.08. The second kappa shape index (κ2) is 21.8. The number of aromatic hydroxyl groups is 1. The minimum absolute atomic E-state index is 0.0214. The molecule has 0 bridgehead atoms. The Balaban J connectivity index is 2.29. The van der Waals surface area contributed by atoms with Crippen molar-refractivity contribution >= 4 is 55.7 Å². The second-order valence-electron chi connectivity index (χ2n) is 15.1. The van der Waals surface area contributed by atoms with Gasteiger partial charge in [0.15, 0.2) is 0 Å². The summed E-state index contributed by atoms with van der Waals surface area (Å²) < 4.78 is 33.5. The van der Waals surface area contributed by atoms with Crippen molar-refractivity contribution in [1.82, 2.24) is 31.1 Å². The lowest BCUT2D eigenvalue weighted by atomic mass is 10.0. The largest absolute Gasteiger partial charge is 0.508 e. The van der Waals surface area contributed by atoms with Gasteiger partial charge >= 0.3 is 6.09 Å². The Hall–Kier alpha value is -4.22. The van der Waals surface area contributed by atoms with Crippen LogP contribution in [-0.2, 0) is 40.5 Å². The predicted octanol–water partition coefficient (Wildman–Crippen LogP) is 4.17. The number of phenols is 1. The van der Waals surface area contributed by atoms with Crippen molar-refractivity contribution < 1.29 is 42.2 Å². The maximum Gasteiger partial charge on any atom is 0.408 e. The van der Waals surface area contributed by atoms with Gasteiger partial charge in [-0.1, -0.05) is 73.5 Å². The third-order valence-corrected chi connectivity index (χ3v) is 10.0. The number of benzene rings is 2. The van der Waals surface area contributed by atoms with Crippen LogP contribution in [0.25, 0.3) is 0 Å². The van der Waals surface area contributed by atoms with E-state index in [1.165, 1.54) is 24.3 Å². The van der Waals surface area contributed by atoms with Crippen molar-refractivity contribution in [3.63, 3.8) is 0 Å². The number of aryl methyl sites for hydroxylation is 1. The molecule has 6 N–H and O–H groups in total. The minimum atomic E-state index is -3.77. The SMILES string of the molecule is Cc1ccc(S(=O)(=O)NCCCC[C@H](NC(=O)[C@@H](NC(=O)OC(C)(C)C)C(C)C)C(=O)N[C@@H](CC(C)C)C(=O)NN(Cc2ccc(O)cc2)C(=O)CBr)cc1. The van der Waals surface area contributed by atoms with E-state index in [1.807, 2.05) is 20.8 Å². The highest BCUT2D eigenvalue weighted by Gasteiger charge is 2.33.